The smallest absolute Gasteiger partial charge is 0.191 e. The fourth-order valence-electron chi connectivity index (χ4n) is 4.86. The molecule has 0 bridgehead atoms. The molecule has 0 aliphatic carbocycles. The number of fused-ring (bicyclic) bond motifs is 2. The van der Waals surface area contributed by atoms with E-state index in [0.29, 0.717) is 0 Å². The molecule has 0 saturated heterocycles. The van der Waals surface area contributed by atoms with Crippen molar-refractivity contribution < 1.29 is 4.43 Å². The van der Waals surface area contributed by atoms with E-state index in [4.69, 9.17) is 4.43 Å². The van der Waals surface area contributed by atoms with Gasteiger partial charge in [-0.05, 0) is 94.3 Å². The Bertz CT molecular complexity index is 1170. The van der Waals surface area contributed by atoms with Gasteiger partial charge in [0, 0.05) is 46.2 Å². The lowest BCUT2D eigenvalue weighted by Gasteiger charge is -2.37. The van der Waals surface area contributed by atoms with Crippen LogP contribution in [0.25, 0.3) is 11.6 Å². The van der Waals surface area contributed by atoms with Crippen molar-refractivity contribution in [2.24, 2.45) is 0 Å². The Morgan fingerprint density at radius 3 is 2.14 bits per heavy atom. The molecule has 0 saturated carbocycles. The third-order valence-corrected chi connectivity index (χ3v) is 16.5. The molecular weight excluding hydrogens is 485 g/mol. The summed E-state index contributed by atoms with van der Waals surface area (Å²) in [6.07, 6.45) is 8.03. The van der Waals surface area contributed by atoms with Crippen LogP contribution in [-0.4, -0.2) is 51.2 Å². The first-order valence-corrected chi connectivity index (χ1v) is 19.7. The van der Waals surface area contributed by atoms with Crippen LogP contribution in [0.15, 0.2) is 43.0 Å². The normalized spacial score (nSPS) is 15.1. The van der Waals surface area contributed by atoms with Crippen molar-refractivity contribution in [2.75, 3.05) is 44.6 Å². The maximum Gasteiger partial charge on any atom is 0.191 e. The van der Waals surface area contributed by atoms with E-state index < -0.39 is 16.4 Å². The lowest BCUT2D eigenvalue weighted by Crippen LogP contribution is -2.58. The standard InChI is InChI=1S/C32H50N2OSi2/c1-24-28-19-18-26(33(5)6)22-29(28)36(9,10)30-23-27(34(7)8)21-25(31(24)30)17-15-13-14-16-20-35-37(11,12)32(2,3)4/h15,17-19,21-23H,1,13-14,16,20H2,2-12H3/b17-15+. The van der Waals surface area contributed by atoms with Crippen molar-refractivity contribution >= 4 is 49.8 Å². The van der Waals surface area contributed by atoms with Crippen LogP contribution in [0.3, 0.4) is 0 Å². The summed E-state index contributed by atoms with van der Waals surface area (Å²) in [6, 6.07) is 11.7. The molecule has 37 heavy (non-hydrogen) atoms. The summed E-state index contributed by atoms with van der Waals surface area (Å²) in [6.45, 7) is 22.1. The molecule has 1 heterocycles. The molecule has 1 aliphatic heterocycles. The van der Waals surface area contributed by atoms with Crippen LogP contribution in [0, 0.1) is 0 Å². The highest BCUT2D eigenvalue weighted by molar-refractivity contribution is 7.02. The number of anilines is 2. The van der Waals surface area contributed by atoms with E-state index in [1.54, 1.807) is 0 Å². The Balaban J connectivity index is 1.85. The average Bonchev–Trinajstić information content (AvgIpc) is 2.80. The number of allylic oxidation sites excluding steroid dienone is 1. The van der Waals surface area contributed by atoms with Gasteiger partial charge < -0.3 is 14.2 Å². The van der Waals surface area contributed by atoms with Crippen LogP contribution >= 0.6 is 0 Å². The van der Waals surface area contributed by atoms with Crippen molar-refractivity contribution in [2.45, 2.75) is 71.3 Å². The SMILES string of the molecule is C=C1c2ccc(N(C)C)cc2[Si](C)(C)c2cc(N(C)C)cc(/C=C/CCCCO[Si](C)(C)C(C)(C)C)c21. The zero-order chi connectivity index (χ0) is 27.8. The van der Waals surface area contributed by atoms with Gasteiger partial charge in [0.05, 0.1) is 0 Å². The lowest BCUT2D eigenvalue weighted by molar-refractivity contribution is 0.279. The van der Waals surface area contributed by atoms with E-state index in [9.17, 15) is 0 Å². The highest BCUT2D eigenvalue weighted by atomic mass is 28.4. The van der Waals surface area contributed by atoms with E-state index in [2.05, 4.69) is 134 Å². The Kier molecular flexibility index (Phi) is 8.72. The number of nitrogens with zero attached hydrogens (tertiary/aromatic N) is 2. The zero-order valence-corrected chi connectivity index (χ0v) is 27.4. The van der Waals surface area contributed by atoms with E-state index in [0.717, 1.165) is 31.4 Å². The van der Waals surface area contributed by atoms with Gasteiger partial charge in [0.25, 0.3) is 0 Å². The fraction of sp³-hybridized carbons (Fsp3) is 0.500. The van der Waals surface area contributed by atoms with E-state index in [1.807, 2.05) is 0 Å². The highest BCUT2D eigenvalue weighted by Crippen LogP contribution is 2.37. The third kappa shape index (κ3) is 6.15. The molecule has 3 nitrogen and oxygen atoms in total. The second-order valence-electron chi connectivity index (χ2n) is 13.1. The summed E-state index contributed by atoms with van der Waals surface area (Å²) in [4.78, 5) is 4.43. The van der Waals surface area contributed by atoms with Gasteiger partial charge in [-0.3, -0.25) is 0 Å². The molecule has 0 aromatic heterocycles. The molecule has 0 spiro atoms. The van der Waals surface area contributed by atoms with E-state index in [-0.39, 0.29) is 5.04 Å². The van der Waals surface area contributed by atoms with Gasteiger partial charge in [0.15, 0.2) is 8.32 Å². The Hall–Kier alpha value is -2.09. The minimum Gasteiger partial charge on any atom is -0.417 e. The first kappa shape index (κ1) is 29.5. The molecule has 0 N–H and O–H groups in total. The van der Waals surface area contributed by atoms with Gasteiger partial charge in [-0.2, -0.15) is 0 Å². The highest BCUT2D eigenvalue weighted by Gasteiger charge is 2.38. The Morgan fingerprint density at radius 2 is 1.54 bits per heavy atom. The molecule has 1 aliphatic rings. The largest absolute Gasteiger partial charge is 0.417 e. The van der Waals surface area contributed by atoms with Gasteiger partial charge in [0.2, 0.25) is 0 Å². The monoisotopic (exact) mass is 534 g/mol. The summed E-state index contributed by atoms with van der Waals surface area (Å²) in [7, 11) is 4.95. The zero-order valence-electron chi connectivity index (χ0n) is 25.4. The van der Waals surface area contributed by atoms with Crippen LogP contribution in [-0.2, 0) is 4.43 Å². The van der Waals surface area contributed by atoms with Gasteiger partial charge >= 0.3 is 0 Å². The number of hydrogen-bond donors (Lipinski definition) is 0. The van der Waals surface area contributed by atoms with Crippen LogP contribution < -0.4 is 20.2 Å². The van der Waals surface area contributed by atoms with Crippen LogP contribution in [0.4, 0.5) is 11.4 Å². The molecule has 3 rings (SSSR count). The maximum absolute atomic E-state index is 6.37. The first-order valence-electron chi connectivity index (χ1n) is 13.8. The van der Waals surface area contributed by atoms with Crippen LogP contribution in [0.5, 0.6) is 0 Å². The van der Waals surface area contributed by atoms with Gasteiger partial charge in [-0.25, -0.2) is 0 Å². The summed E-state index contributed by atoms with van der Waals surface area (Å²) >= 11 is 0. The average molecular weight is 535 g/mol. The number of rotatable bonds is 9. The molecule has 0 unspecified atom stereocenters. The molecule has 202 valence electrons. The molecule has 0 amide bonds. The number of unbranched alkanes of at least 4 members (excludes halogenated alkanes) is 2. The van der Waals surface area contributed by atoms with Crippen molar-refractivity contribution in [3.8, 4) is 0 Å². The number of hydrogen-bond acceptors (Lipinski definition) is 3. The maximum atomic E-state index is 6.37. The summed E-state index contributed by atoms with van der Waals surface area (Å²) < 4.78 is 6.37. The second-order valence-corrected chi connectivity index (χ2v) is 22.2. The molecule has 2 aromatic carbocycles. The Labute approximate surface area is 229 Å². The fourth-order valence-corrected chi connectivity index (χ4v) is 9.08. The minimum atomic E-state index is -1.92. The summed E-state index contributed by atoms with van der Waals surface area (Å²) in [5, 5.41) is 3.26. The Morgan fingerprint density at radius 1 is 0.919 bits per heavy atom. The summed E-state index contributed by atoms with van der Waals surface area (Å²) in [5.74, 6) is 0. The number of benzene rings is 2. The molecular formula is C32H50N2OSi2. The summed E-state index contributed by atoms with van der Waals surface area (Å²) in [5.41, 5.74) is 7.66. The van der Waals surface area contributed by atoms with Crippen LogP contribution in [0.2, 0.25) is 31.2 Å². The van der Waals surface area contributed by atoms with Gasteiger partial charge in [0.1, 0.15) is 8.07 Å². The van der Waals surface area contributed by atoms with Crippen LogP contribution in [0.1, 0.15) is 56.7 Å². The second kappa shape index (κ2) is 11.0. The van der Waals surface area contributed by atoms with Crippen molar-refractivity contribution in [1.82, 2.24) is 0 Å². The van der Waals surface area contributed by atoms with Crippen molar-refractivity contribution in [3.05, 3.63) is 59.7 Å². The quantitative estimate of drug-likeness (QED) is 0.249. The van der Waals surface area contributed by atoms with Crippen molar-refractivity contribution in [3.63, 3.8) is 0 Å². The molecule has 0 fully saturated rings. The van der Waals surface area contributed by atoms with Gasteiger partial charge in [-0.1, -0.05) is 58.7 Å². The van der Waals surface area contributed by atoms with E-state index >= 15 is 0 Å². The predicted octanol–water partition coefficient (Wildman–Crippen LogP) is 7.22. The van der Waals surface area contributed by atoms with Crippen molar-refractivity contribution in [1.29, 1.82) is 0 Å². The molecule has 0 atom stereocenters. The van der Waals surface area contributed by atoms with Gasteiger partial charge in [-0.15, -0.1) is 0 Å². The van der Waals surface area contributed by atoms with E-state index in [1.165, 1.54) is 38.4 Å². The molecule has 5 heteroatoms. The molecule has 0 radical (unpaired) electrons. The molecule has 2 aromatic rings. The third-order valence-electron chi connectivity index (χ3n) is 8.49. The first-order chi connectivity index (χ1) is 17.1. The minimum absolute atomic E-state index is 0.273. The topological polar surface area (TPSA) is 15.7 Å². The predicted molar refractivity (Wildman–Crippen MR) is 172 cm³/mol. The lowest BCUT2D eigenvalue weighted by atomic mass is 9.93.